The third kappa shape index (κ3) is 5.61. The van der Waals surface area contributed by atoms with Crippen LogP contribution < -0.4 is 19.3 Å². The Bertz CT molecular complexity index is 3590. The number of nitrogens with zero attached hydrogens (tertiary/aromatic N) is 2. The van der Waals surface area contributed by atoms with Gasteiger partial charge in [-0.15, -0.1) is 0 Å². The Morgan fingerprint density at radius 1 is 0.500 bits per heavy atom. The number of ether oxygens (including phenoxy) is 2. The SMILES string of the molecule is CC1(C)C2=C(C=CCC2)c2ccc(N(c3ccccc3)c3ccc4c(c3)Oc3cccc5c6c(cc-4c35)OC3C=C(N(c4ccccc4)c4ccc5c(c4)C(C)(C)c4ccccc4-5)C=CC63)cc21. The van der Waals surface area contributed by atoms with E-state index in [1.54, 1.807) is 5.57 Å². The van der Waals surface area contributed by atoms with Crippen LogP contribution in [0.5, 0.6) is 17.2 Å². The summed E-state index contributed by atoms with van der Waals surface area (Å²) in [5, 5.41) is 2.31. The molecule has 68 heavy (non-hydrogen) atoms. The van der Waals surface area contributed by atoms with Gasteiger partial charge in [0.25, 0.3) is 0 Å². The van der Waals surface area contributed by atoms with Crippen molar-refractivity contribution in [3.05, 3.63) is 233 Å². The van der Waals surface area contributed by atoms with Crippen LogP contribution in [-0.4, -0.2) is 6.10 Å². The van der Waals surface area contributed by atoms with Gasteiger partial charge in [0.15, 0.2) is 0 Å². The number of anilines is 5. The molecule has 328 valence electrons. The first-order valence-corrected chi connectivity index (χ1v) is 24.2. The Balaban J connectivity index is 0.835. The summed E-state index contributed by atoms with van der Waals surface area (Å²) in [5.74, 6) is 2.70. The Labute approximate surface area is 398 Å². The molecule has 8 aromatic rings. The number of para-hydroxylation sites is 2. The second kappa shape index (κ2) is 14.3. The van der Waals surface area contributed by atoms with Crippen LogP contribution in [0, 0.1) is 0 Å². The van der Waals surface area contributed by atoms with Gasteiger partial charge < -0.3 is 19.3 Å². The Morgan fingerprint density at radius 3 is 1.96 bits per heavy atom. The smallest absolute Gasteiger partial charge is 0.137 e. The normalized spacial score (nSPS) is 18.9. The van der Waals surface area contributed by atoms with Gasteiger partial charge in [0, 0.05) is 79.0 Å². The first-order chi connectivity index (χ1) is 33.2. The van der Waals surface area contributed by atoms with Crippen molar-refractivity contribution in [2.45, 2.75) is 63.4 Å². The molecule has 0 saturated heterocycles. The fraction of sp³-hybridized carbons (Fsp3) is 0.156. The number of hydrogen-bond donors (Lipinski definition) is 0. The molecular formula is C64H50N2O2. The summed E-state index contributed by atoms with van der Waals surface area (Å²) in [5.41, 5.74) is 21.0. The quantitative estimate of drug-likeness (QED) is 0.166. The van der Waals surface area contributed by atoms with E-state index in [0.717, 1.165) is 80.7 Å². The maximum atomic E-state index is 7.10. The van der Waals surface area contributed by atoms with Crippen LogP contribution in [-0.2, 0) is 10.8 Å². The highest BCUT2D eigenvalue weighted by molar-refractivity contribution is 6.08. The number of hydrogen-bond acceptors (Lipinski definition) is 4. The largest absolute Gasteiger partial charge is 0.485 e. The topological polar surface area (TPSA) is 24.9 Å². The van der Waals surface area contributed by atoms with E-state index in [1.165, 1.54) is 49.9 Å². The molecule has 0 spiro atoms. The monoisotopic (exact) mass is 878 g/mol. The minimum atomic E-state index is -0.176. The van der Waals surface area contributed by atoms with E-state index in [9.17, 15) is 0 Å². The third-order valence-electron chi connectivity index (χ3n) is 15.9. The summed E-state index contributed by atoms with van der Waals surface area (Å²) in [6.07, 6.45) is 13.7. The highest BCUT2D eigenvalue weighted by Gasteiger charge is 2.41. The van der Waals surface area contributed by atoms with Gasteiger partial charge in [-0.1, -0.05) is 136 Å². The van der Waals surface area contributed by atoms with Crippen molar-refractivity contribution in [1.82, 2.24) is 0 Å². The fourth-order valence-corrected chi connectivity index (χ4v) is 12.6. The first kappa shape index (κ1) is 39.4. The molecule has 0 fully saturated rings. The van der Waals surface area contributed by atoms with Crippen molar-refractivity contribution in [3.63, 3.8) is 0 Å². The molecule has 4 nitrogen and oxygen atoms in total. The third-order valence-corrected chi connectivity index (χ3v) is 15.9. The minimum Gasteiger partial charge on any atom is -0.485 e. The molecule has 0 radical (unpaired) electrons. The minimum absolute atomic E-state index is 0.0312. The van der Waals surface area contributed by atoms with E-state index in [1.807, 2.05) is 0 Å². The average molecular weight is 879 g/mol. The van der Waals surface area contributed by atoms with E-state index in [0.29, 0.717) is 0 Å². The molecule has 2 heterocycles. The van der Waals surface area contributed by atoms with E-state index in [4.69, 9.17) is 9.47 Å². The van der Waals surface area contributed by atoms with Crippen molar-refractivity contribution < 1.29 is 9.47 Å². The van der Waals surface area contributed by atoms with Crippen LogP contribution in [0.4, 0.5) is 28.4 Å². The molecule has 2 unspecified atom stereocenters. The highest BCUT2D eigenvalue weighted by atomic mass is 16.5. The number of fused-ring (bicyclic) bond motifs is 11. The van der Waals surface area contributed by atoms with Gasteiger partial charge in [-0.05, 0) is 142 Å². The van der Waals surface area contributed by atoms with Crippen molar-refractivity contribution in [3.8, 4) is 39.5 Å². The van der Waals surface area contributed by atoms with Crippen LogP contribution in [0.15, 0.2) is 205 Å². The molecule has 4 heteroatoms. The zero-order valence-corrected chi connectivity index (χ0v) is 38.8. The van der Waals surface area contributed by atoms with Crippen LogP contribution >= 0.6 is 0 Å². The van der Waals surface area contributed by atoms with E-state index >= 15 is 0 Å². The highest BCUT2D eigenvalue weighted by Crippen LogP contribution is 2.57. The lowest BCUT2D eigenvalue weighted by Crippen LogP contribution is -2.24. The molecule has 2 aliphatic heterocycles. The van der Waals surface area contributed by atoms with Crippen LogP contribution in [0.2, 0.25) is 0 Å². The Hall–Kier alpha value is -7.82. The zero-order chi connectivity index (χ0) is 45.5. The predicted molar refractivity (Wildman–Crippen MR) is 279 cm³/mol. The molecule has 0 saturated carbocycles. The molecule has 0 N–H and O–H groups in total. The van der Waals surface area contributed by atoms with E-state index < -0.39 is 0 Å². The lowest BCUT2D eigenvalue weighted by Gasteiger charge is -2.31. The maximum Gasteiger partial charge on any atom is 0.137 e. The Morgan fingerprint density at radius 2 is 1.16 bits per heavy atom. The van der Waals surface area contributed by atoms with Crippen molar-refractivity contribution >= 4 is 44.8 Å². The lowest BCUT2D eigenvalue weighted by atomic mass is 9.78. The molecule has 8 aromatic carbocycles. The molecule has 4 aliphatic carbocycles. The number of rotatable bonds is 6. The van der Waals surface area contributed by atoms with E-state index in [-0.39, 0.29) is 22.9 Å². The zero-order valence-electron chi connectivity index (χ0n) is 38.8. The fourth-order valence-electron chi connectivity index (χ4n) is 12.6. The van der Waals surface area contributed by atoms with Gasteiger partial charge in [0.2, 0.25) is 0 Å². The van der Waals surface area contributed by atoms with Crippen LogP contribution in [0.3, 0.4) is 0 Å². The van der Waals surface area contributed by atoms with E-state index in [2.05, 4.69) is 232 Å². The molecule has 14 rings (SSSR count). The molecule has 6 aliphatic rings. The molecule has 0 aromatic heterocycles. The lowest BCUT2D eigenvalue weighted by molar-refractivity contribution is 0.268. The molecule has 0 amide bonds. The van der Waals surface area contributed by atoms with Gasteiger partial charge in [-0.2, -0.15) is 0 Å². The van der Waals surface area contributed by atoms with Crippen LogP contribution in [0.25, 0.3) is 38.6 Å². The van der Waals surface area contributed by atoms with Gasteiger partial charge in [0.1, 0.15) is 23.4 Å². The number of benzene rings is 8. The van der Waals surface area contributed by atoms with Gasteiger partial charge in [0.05, 0.1) is 0 Å². The summed E-state index contributed by atoms with van der Waals surface area (Å²) in [4.78, 5) is 4.76. The van der Waals surface area contributed by atoms with Crippen molar-refractivity contribution in [2.24, 2.45) is 0 Å². The van der Waals surface area contributed by atoms with Gasteiger partial charge in [-0.3, -0.25) is 0 Å². The maximum absolute atomic E-state index is 7.10. The Kier molecular flexibility index (Phi) is 8.30. The average Bonchev–Trinajstić information content (AvgIpc) is 3.94. The second-order valence-electron chi connectivity index (χ2n) is 20.3. The first-order valence-electron chi connectivity index (χ1n) is 24.2. The summed E-state index contributed by atoms with van der Waals surface area (Å²) in [6.45, 7) is 9.48. The predicted octanol–water partition coefficient (Wildman–Crippen LogP) is 16.9. The van der Waals surface area contributed by atoms with Crippen molar-refractivity contribution in [1.29, 1.82) is 0 Å². The summed E-state index contributed by atoms with van der Waals surface area (Å²) in [6, 6.07) is 59.8. The standard InChI is InChI=1S/C64H50N2O2/c1-63(2)53-23-13-11-20-45(53)47-30-26-41(34-55(47)63)65(39-16-7-5-8-17-39)43-28-32-49-52-38-60-61(51-22-15-25-57(62(51)52)67-58(49)36-43)50-33-29-44(37-59(50)68-60)66(40-18-9-6-10-19-40)42-27-31-48-46-21-12-14-24-54(46)64(3,4)56(48)35-42/h5-12,14-22,24-38,50,59H,13,23H2,1-4H3. The van der Waals surface area contributed by atoms with Crippen LogP contribution in [0.1, 0.15) is 74.3 Å². The second-order valence-corrected chi connectivity index (χ2v) is 20.3. The van der Waals surface area contributed by atoms with Crippen molar-refractivity contribution in [2.75, 3.05) is 9.80 Å². The van der Waals surface area contributed by atoms with Gasteiger partial charge >= 0.3 is 0 Å². The molecular weight excluding hydrogens is 829 g/mol. The van der Waals surface area contributed by atoms with Gasteiger partial charge in [-0.25, -0.2) is 0 Å². The molecule has 2 atom stereocenters. The molecule has 0 bridgehead atoms. The summed E-state index contributed by atoms with van der Waals surface area (Å²) in [7, 11) is 0. The summed E-state index contributed by atoms with van der Waals surface area (Å²) >= 11 is 0. The summed E-state index contributed by atoms with van der Waals surface area (Å²) < 4.78 is 14.1. The number of allylic oxidation sites excluding steroid dienone is 5.